The van der Waals surface area contributed by atoms with Gasteiger partial charge in [0.2, 0.25) is 0 Å². The molecule has 0 spiro atoms. The van der Waals surface area contributed by atoms with E-state index in [9.17, 15) is 0 Å². The number of nitrogens with zero attached hydrogens (tertiary/aromatic N) is 4. The van der Waals surface area contributed by atoms with Crippen molar-refractivity contribution in [3.8, 4) is 89.7 Å². The van der Waals surface area contributed by atoms with Crippen molar-refractivity contribution in [3.63, 3.8) is 0 Å². The van der Waals surface area contributed by atoms with E-state index in [1.165, 1.54) is 26.1 Å². The number of H-pyrrole nitrogens is 2. The average molecular weight is 1440 g/mol. The van der Waals surface area contributed by atoms with E-state index >= 15 is 8.63 Å². The summed E-state index contributed by atoms with van der Waals surface area (Å²) in [5, 5.41) is 0. The second-order valence-electron chi connectivity index (χ2n) is 27.0. The van der Waals surface area contributed by atoms with Gasteiger partial charge in [0.05, 0.1) is 61.7 Å². The number of aromatic nitrogens is 6. The number of nitrogens with one attached hydrogen (secondary N) is 2. The number of aryl methyl sites for hydroxylation is 3. The Hall–Kier alpha value is -12.8. The lowest BCUT2D eigenvalue weighted by Gasteiger charge is -2.09. The normalized spacial score (nSPS) is 12.0. The van der Waals surface area contributed by atoms with Crippen LogP contribution in [0.15, 0.2) is 271 Å². The van der Waals surface area contributed by atoms with Crippen LogP contribution in [0, 0.1) is 32.6 Å². The summed E-state index contributed by atoms with van der Waals surface area (Å²) < 4.78 is 47.1. The van der Waals surface area contributed by atoms with Crippen LogP contribution in [-0.2, 0) is 0 Å². The molecule has 12 heterocycles. The first-order chi connectivity index (χ1) is 52.5. The summed E-state index contributed by atoms with van der Waals surface area (Å²) >= 11 is 5.33. The predicted octanol–water partition coefficient (Wildman–Crippen LogP) is 26.5. The van der Waals surface area contributed by atoms with E-state index in [2.05, 4.69) is 212 Å². The first kappa shape index (κ1) is 65.0. The number of benzene rings is 7. The Bertz CT molecular complexity index is 6840. The monoisotopic (exact) mass is 1430 g/mol. The molecule has 16 aromatic rings. The van der Waals surface area contributed by atoms with Crippen LogP contribution in [0.2, 0.25) is 0 Å². The molecule has 3 aliphatic rings. The zero-order valence-electron chi connectivity index (χ0n) is 58.1. The first-order valence-electron chi connectivity index (χ1n) is 35.4. The summed E-state index contributed by atoms with van der Waals surface area (Å²) in [5.74, 6) is 6.90. The highest BCUT2D eigenvalue weighted by Crippen LogP contribution is 2.45. The molecule has 0 saturated heterocycles. The lowest BCUT2D eigenvalue weighted by molar-refractivity contribution is 0.639. The largest absolute Gasteiger partial charge is 0.678 e. The van der Waals surface area contributed by atoms with Crippen LogP contribution in [-0.4, -0.2) is 36.8 Å². The molecule has 3 aliphatic heterocycles. The number of rotatable bonds is 8. The molecule has 7 nitrogen and oxygen atoms in total. The molecule has 0 atom stereocenters. The standard InChI is InChI=1S/C94H61BF2N6OS3/c1-56-14-26-64(27-15-56)91-74-42-44-76(101-74)93(66-30-18-58(3)19-31-66)86-54-55-87(107-86)94(77-45-43-75(102-77)92(65-28-16-57(2)17-29-65)85-53-51-83(106-85)82-50-52-84(91)105-82)67-34-24-60(25-35-67)21-20-59-22-32-63(33-23-59)88-71-39-36-68(98-71)69-37-40-72(99-69)89(61-10-6-4-7-11-61)80-48-49-81(104-80)90(62-12-8-5-9-13-62)73-41-38-70(100-73)78-46-47-79(88)103(78)95(96)97/h4-19,22-55,99-100H,1-3H3. The van der Waals surface area contributed by atoms with Crippen molar-refractivity contribution in [2.24, 2.45) is 0 Å². The van der Waals surface area contributed by atoms with Crippen molar-refractivity contribution < 1.29 is 13.0 Å². The smallest absolute Gasteiger partial charge is 0.456 e. The molecule has 13 heteroatoms. The Morgan fingerprint density at radius 1 is 0.299 bits per heavy atom. The van der Waals surface area contributed by atoms with Crippen molar-refractivity contribution in [2.45, 2.75) is 20.8 Å². The molecule has 9 aromatic heterocycles. The Morgan fingerprint density at radius 2 is 0.617 bits per heavy atom. The fraction of sp³-hybridized carbons (Fsp3) is 0.0319. The molecular weight excluding hydrogens is 1370 g/mol. The molecule has 0 amide bonds. The Labute approximate surface area is 627 Å². The van der Waals surface area contributed by atoms with E-state index in [0.29, 0.717) is 55.7 Å². The van der Waals surface area contributed by atoms with E-state index in [1.807, 2.05) is 121 Å². The maximum atomic E-state index is 16.2. The van der Waals surface area contributed by atoms with Gasteiger partial charge in [0.25, 0.3) is 0 Å². The van der Waals surface area contributed by atoms with E-state index in [-0.39, 0.29) is 0 Å². The molecule has 20 bridgehead atoms. The summed E-state index contributed by atoms with van der Waals surface area (Å²) in [6, 6.07) is 91.5. The number of furan rings is 1. The Balaban J connectivity index is 0.751. The molecule has 0 saturated carbocycles. The van der Waals surface area contributed by atoms with Crippen molar-refractivity contribution in [3.05, 3.63) is 329 Å². The molecule has 7 aromatic carbocycles. The molecule has 19 rings (SSSR count). The van der Waals surface area contributed by atoms with Crippen LogP contribution in [0.5, 0.6) is 0 Å². The maximum absolute atomic E-state index is 16.2. The van der Waals surface area contributed by atoms with Gasteiger partial charge in [-0.25, -0.2) is 15.0 Å². The summed E-state index contributed by atoms with van der Waals surface area (Å²) in [5.41, 5.74) is 27.9. The molecule has 107 heavy (non-hydrogen) atoms. The minimum absolute atomic E-state index is 0.303. The van der Waals surface area contributed by atoms with Gasteiger partial charge in [-0.2, -0.15) is 0 Å². The fourth-order valence-electron chi connectivity index (χ4n) is 14.7. The SMILES string of the molecule is Cc1ccc(-c2c3nc(c(-c4ccc(C)cc4)c4ccc(s4)c4ccc(s4)c(-c4ccc(C)cc4)c4nc(c(-c5ccc(C#Cc6ccc(-c7c8nc(c9ccc([nH]9)c(-c9ccccc9)c9ccc(o9)c(-c9ccccc9)c9ccc([nH]9)c9ccc7n9B(F)F)C=C8)cc6)cc5)c5ccc2s5)C=C4)C=C3)cc1. The highest BCUT2D eigenvalue weighted by molar-refractivity contribution is 7.31. The van der Waals surface area contributed by atoms with Crippen LogP contribution in [0.25, 0.3) is 187 Å². The maximum Gasteiger partial charge on any atom is 0.678 e. The number of halogens is 2. The molecular formula is C94H61BF2N6OS3. The summed E-state index contributed by atoms with van der Waals surface area (Å²) in [6.45, 7) is 6.38. The highest BCUT2D eigenvalue weighted by Gasteiger charge is 2.26. The van der Waals surface area contributed by atoms with Gasteiger partial charge >= 0.3 is 7.40 Å². The van der Waals surface area contributed by atoms with Crippen LogP contribution in [0.3, 0.4) is 0 Å². The third kappa shape index (κ3) is 12.2. The van der Waals surface area contributed by atoms with Gasteiger partial charge in [0.15, 0.2) is 0 Å². The predicted molar refractivity (Wildman–Crippen MR) is 449 cm³/mol. The van der Waals surface area contributed by atoms with Crippen LogP contribution >= 0.6 is 34.0 Å². The zero-order chi connectivity index (χ0) is 71.8. The van der Waals surface area contributed by atoms with E-state index in [1.54, 1.807) is 46.1 Å². The quantitative estimate of drug-likeness (QED) is 0.117. The van der Waals surface area contributed by atoms with E-state index < -0.39 is 7.40 Å². The molecule has 0 radical (unpaired) electrons. The van der Waals surface area contributed by atoms with Crippen molar-refractivity contribution in [1.29, 1.82) is 0 Å². The number of hydrogen-bond acceptors (Lipinski definition) is 7. The van der Waals surface area contributed by atoms with Gasteiger partial charge in [0.1, 0.15) is 11.2 Å². The van der Waals surface area contributed by atoms with E-state index in [4.69, 9.17) is 19.4 Å². The van der Waals surface area contributed by atoms with Gasteiger partial charge in [-0.3, -0.25) is 8.63 Å². The molecule has 508 valence electrons. The number of hydrogen-bond donors (Lipinski definition) is 2. The first-order valence-corrected chi connectivity index (χ1v) is 37.9. The number of thiophene rings is 3. The molecule has 2 N–H and O–H groups in total. The molecule has 0 unspecified atom stereocenters. The minimum Gasteiger partial charge on any atom is -0.456 e. The van der Waals surface area contributed by atoms with Gasteiger partial charge in [-0.15, -0.1) is 34.0 Å². The third-order valence-electron chi connectivity index (χ3n) is 20.0. The molecule has 0 aliphatic carbocycles. The van der Waals surface area contributed by atoms with Crippen molar-refractivity contribution >= 4 is 150 Å². The zero-order valence-corrected chi connectivity index (χ0v) is 60.6. The van der Waals surface area contributed by atoms with Crippen LogP contribution in [0.1, 0.15) is 62.0 Å². The van der Waals surface area contributed by atoms with Crippen LogP contribution < -0.4 is 0 Å². The number of fused-ring (bicyclic) bond motifs is 23. The van der Waals surface area contributed by atoms with Gasteiger partial charge in [-0.1, -0.05) is 186 Å². The fourth-order valence-corrected chi connectivity index (χ4v) is 18.1. The highest BCUT2D eigenvalue weighted by atomic mass is 32.1. The summed E-state index contributed by atoms with van der Waals surface area (Å²) in [7, 11) is -2.92. The topological polar surface area (TPSA) is 88.3 Å². The van der Waals surface area contributed by atoms with E-state index in [0.717, 1.165) is 135 Å². The molecule has 0 fully saturated rings. The second kappa shape index (κ2) is 27.0. The van der Waals surface area contributed by atoms with Crippen molar-refractivity contribution in [2.75, 3.05) is 0 Å². The number of aromatic amines is 2. The Morgan fingerprint density at radius 3 is 1.04 bits per heavy atom. The lowest BCUT2D eigenvalue weighted by atomic mass is 10.0. The van der Waals surface area contributed by atoms with Crippen molar-refractivity contribution in [1.82, 2.24) is 29.4 Å². The Kier molecular flexibility index (Phi) is 16.4. The minimum atomic E-state index is -2.92. The lowest BCUT2D eigenvalue weighted by Crippen LogP contribution is -2.13. The average Bonchev–Trinajstić information content (AvgIpc) is 1.62. The van der Waals surface area contributed by atoms with Gasteiger partial charge in [0, 0.05) is 83.8 Å². The summed E-state index contributed by atoms with van der Waals surface area (Å²) in [4.78, 5) is 23.6. The summed E-state index contributed by atoms with van der Waals surface area (Å²) in [6.07, 6.45) is 12.5. The van der Waals surface area contributed by atoms with Gasteiger partial charge < -0.3 is 18.9 Å². The second-order valence-corrected chi connectivity index (χ2v) is 30.2. The third-order valence-corrected chi connectivity index (χ3v) is 23.5. The van der Waals surface area contributed by atoms with Gasteiger partial charge in [-0.05, 0) is 205 Å². The van der Waals surface area contributed by atoms with Crippen LogP contribution in [0.4, 0.5) is 8.63 Å².